The average molecular weight is 414 g/mol. The molecule has 1 aliphatic carbocycles. The van der Waals surface area contributed by atoms with Gasteiger partial charge >= 0.3 is 0 Å². The summed E-state index contributed by atoms with van der Waals surface area (Å²) in [7, 11) is 0. The molecule has 0 aromatic heterocycles. The van der Waals surface area contributed by atoms with Crippen LogP contribution in [0.25, 0.3) is 0 Å². The number of hydrogen-bond donors (Lipinski definition) is 2. The van der Waals surface area contributed by atoms with E-state index in [4.69, 9.17) is 10.5 Å². The number of amides is 3. The summed E-state index contributed by atoms with van der Waals surface area (Å²) < 4.78 is 45.3. The van der Waals surface area contributed by atoms with Crippen molar-refractivity contribution in [1.82, 2.24) is 4.90 Å². The molecule has 1 saturated carbocycles. The quantitative estimate of drug-likeness (QED) is 0.610. The number of ether oxygens (including phenoxy) is 1. The number of carbonyl (C=O) groups is 3. The van der Waals surface area contributed by atoms with Crippen LogP contribution in [0.5, 0.6) is 0 Å². The fourth-order valence-electron chi connectivity index (χ4n) is 3.26. The fraction of sp³-hybridized carbons (Fsp3) is 0.500. The topological polar surface area (TPSA) is 105 Å². The lowest BCUT2D eigenvalue weighted by Gasteiger charge is -2.29. The van der Waals surface area contributed by atoms with Crippen molar-refractivity contribution in [3.63, 3.8) is 0 Å². The molecule has 1 aromatic carbocycles. The van der Waals surface area contributed by atoms with Gasteiger partial charge in [-0.3, -0.25) is 19.3 Å². The van der Waals surface area contributed by atoms with Crippen molar-refractivity contribution in [1.29, 1.82) is 0 Å². The monoisotopic (exact) mass is 414 g/mol. The molecule has 2 aliphatic rings. The fourth-order valence-corrected chi connectivity index (χ4v) is 3.26. The molecule has 3 amide bonds. The first kappa shape index (κ1) is 21.1. The predicted molar refractivity (Wildman–Crippen MR) is 96.9 cm³/mol. The Morgan fingerprint density at radius 3 is 2.62 bits per heavy atom. The Bertz CT molecular complexity index is 803. The number of morpholine rings is 1. The van der Waals surface area contributed by atoms with Gasteiger partial charge in [0.1, 0.15) is 12.4 Å². The third-order valence-corrected chi connectivity index (χ3v) is 4.71. The van der Waals surface area contributed by atoms with Crippen LogP contribution in [-0.2, 0) is 19.1 Å². The lowest BCUT2D eigenvalue weighted by molar-refractivity contribution is -0.133. The maximum atomic E-state index is 14.5. The molecular weight excluding hydrogens is 393 g/mol. The van der Waals surface area contributed by atoms with Crippen LogP contribution < -0.4 is 16.0 Å². The Morgan fingerprint density at radius 2 is 2.07 bits per heavy atom. The van der Waals surface area contributed by atoms with E-state index < -0.39 is 42.6 Å². The van der Waals surface area contributed by atoms with Crippen molar-refractivity contribution in [2.24, 2.45) is 5.73 Å². The van der Waals surface area contributed by atoms with E-state index in [2.05, 4.69) is 5.32 Å². The van der Waals surface area contributed by atoms with Crippen molar-refractivity contribution < 1.29 is 32.3 Å². The Morgan fingerprint density at radius 1 is 1.34 bits per heavy atom. The Labute approximate surface area is 164 Å². The number of anilines is 2. The number of hydrogen-bond acceptors (Lipinski definition) is 5. The first-order valence-electron chi connectivity index (χ1n) is 9.09. The molecule has 158 valence electrons. The van der Waals surface area contributed by atoms with Gasteiger partial charge in [0.15, 0.2) is 6.04 Å². The van der Waals surface area contributed by atoms with Crippen molar-refractivity contribution in [3.8, 4) is 0 Å². The third kappa shape index (κ3) is 5.04. The number of halogens is 3. The van der Waals surface area contributed by atoms with E-state index in [0.717, 1.165) is 11.0 Å². The van der Waals surface area contributed by atoms with Crippen LogP contribution >= 0.6 is 0 Å². The molecule has 1 saturated heterocycles. The van der Waals surface area contributed by atoms with Gasteiger partial charge in [0, 0.05) is 18.3 Å². The summed E-state index contributed by atoms with van der Waals surface area (Å²) in [6, 6.07) is 1.73. The van der Waals surface area contributed by atoms with E-state index in [-0.39, 0.29) is 37.2 Å². The summed E-state index contributed by atoms with van der Waals surface area (Å²) in [5.41, 5.74) is 5.32. The molecule has 1 heterocycles. The van der Waals surface area contributed by atoms with Crippen LogP contribution in [0.1, 0.15) is 12.8 Å². The maximum absolute atomic E-state index is 14.5. The highest BCUT2D eigenvalue weighted by Crippen LogP contribution is 2.30. The van der Waals surface area contributed by atoms with Gasteiger partial charge in [0.05, 0.1) is 18.8 Å². The molecule has 1 atom stereocenters. The summed E-state index contributed by atoms with van der Waals surface area (Å²) in [6.07, 6.45) is -1.57. The van der Waals surface area contributed by atoms with Crippen molar-refractivity contribution >= 4 is 29.1 Å². The van der Waals surface area contributed by atoms with E-state index in [1.54, 1.807) is 0 Å². The molecule has 0 spiro atoms. The van der Waals surface area contributed by atoms with E-state index in [9.17, 15) is 27.6 Å². The molecule has 0 radical (unpaired) electrons. The molecule has 8 nitrogen and oxygen atoms in total. The van der Waals surface area contributed by atoms with Gasteiger partial charge in [-0.25, -0.2) is 13.2 Å². The number of primary amides is 1. The van der Waals surface area contributed by atoms with Gasteiger partial charge in [0.2, 0.25) is 5.91 Å². The number of alkyl halides is 2. The zero-order chi connectivity index (χ0) is 21.1. The Kier molecular flexibility index (Phi) is 6.38. The highest BCUT2D eigenvalue weighted by molar-refractivity contribution is 6.09. The van der Waals surface area contributed by atoms with Crippen LogP contribution in [0.15, 0.2) is 18.2 Å². The summed E-state index contributed by atoms with van der Waals surface area (Å²) in [6.45, 7) is -0.461. The predicted octanol–water partition coefficient (Wildman–Crippen LogP) is 0.711. The van der Waals surface area contributed by atoms with E-state index in [1.165, 1.54) is 17.0 Å². The summed E-state index contributed by atoms with van der Waals surface area (Å²) in [5.74, 6) is -3.14. The number of nitrogens with two attached hydrogens (primary N) is 1. The Hall–Kier alpha value is -2.66. The first-order chi connectivity index (χ1) is 13.8. The molecule has 29 heavy (non-hydrogen) atoms. The van der Waals surface area contributed by atoms with Crippen LogP contribution in [0.2, 0.25) is 0 Å². The van der Waals surface area contributed by atoms with Gasteiger partial charge in [-0.15, -0.1) is 0 Å². The minimum Gasteiger partial charge on any atom is -0.370 e. The lowest BCUT2D eigenvalue weighted by Crippen LogP contribution is -2.54. The summed E-state index contributed by atoms with van der Waals surface area (Å²) >= 11 is 0. The zero-order valence-corrected chi connectivity index (χ0v) is 15.4. The number of nitrogens with zero attached hydrogens (tertiary/aromatic N) is 2. The van der Waals surface area contributed by atoms with E-state index >= 15 is 0 Å². The smallest absolute Gasteiger partial charge is 0.253 e. The zero-order valence-electron chi connectivity index (χ0n) is 15.4. The highest BCUT2D eigenvalue weighted by atomic mass is 19.3. The van der Waals surface area contributed by atoms with Gasteiger partial charge in [-0.1, -0.05) is 0 Å². The maximum Gasteiger partial charge on any atom is 0.253 e. The van der Waals surface area contributed by atoms with Gasteiger partial charge in [-0.2, -0.15) is 0 Å². The second kappa shape index (κ2) is 8.78. The normalized spacial score (nSPS) is 18.2. The molecule has 1 aromatic rings. The van der Waals surface area contributed by atoms with Gasteiger partial charge < -0.3 is 20.7 Å². The largest absolute Gasteiger partial charge is 0.370 e. The minimum atomic E-state index is -2.74. The molecule has 3 rings (SSSR count). The number of nitrogens with one attached hydrogen (secondary N) is 1. The number of benzene rings is 1. The lowest BCUT2D eigenvalue weighted by atomic mass is 10.1. The molecule has 11 heteroatoms. The second-order valence-electron chi connectivity index (χ2n) is 6.88. The average Bonchev–Trinajstić information content (AvgIpc) is 3.46. The van der Waals surface area contributed by atoms with Crippen LogP contribution in [0.4, 0.5) is 24.5 Å². The standard InChI is InChI=1S/C18H21F3N4O4/c19-12-7-10(1-4-13(12)24-5-6-29-9-15(24)26)23-18(28)16(17(22)27)25(8-14(20)21)11-2-3-11/h1,4,7,11,14,16H,2-3,5-6,8-9H2,(H2,22,27)(H,23,28)/t16-/m0/s1. The van der Waals surface area contributed by atoms with Gasteiger partial charge in [-0.05, 0) is 31.0 Å². The van der Waals surface area contributed by atoms with Crippen LogP contribution in [0.3, 0.4) is 0 Å². The first-order valence-corrected chi connectivity index (χ1v) is 9.09. The molecule has 2 fully saturated rings. The molecule has 1 aliphatic heterocycles. The highest BCUT2D eigenvalue weighted by Gasteiger charge is 2.41. The third-order valence-electron chi connectivity index (χ3n) is 4.71. The van der Waals surface area contributed by atoms with Crippen molar-refractivity contribution in [2.75, 3.05) is 36.5 Å². The molecule has 3 N–H and O–H groups in total. The van der Waals surface area contributed by atoms with E-state index in [1.807, 2.05) is 0 Å². The molecule has 0 bridgehead atoms. The SMILES string of the molecule is NC(=O)[C@@H](C(=O)Nc1ccc(N2CCOCC2=O)c(F)c1)N(CC(F)F)C1CC1. The second-order valence-corrected chi connectivity index (χ2v) is 6.88. The molecule has 0 unspecified atom stereocenters. The van der Waals surface area contributed by atoms with Crippen molar-refractivity contribution in [2.45, 2.75) is 31.4 Å². The van der Waals surface area contributed by atoms with Gasteiger partial charge in [0.25, 0.3) is 18.2 Å². The van der Waals surface area contributed by atoms with E-state index in [0.29, 0.717) is 12.8 Å². The number of rotatable bonds is 8. The summed E-state index contributed by atoms with van der Waals surface area (Å²) in [4.78, 5) is 38.5. The van der Waals surface area contributed by atoms with Crippen molar-refractivity contribution in [3.05, 3.63) is 24.0 Å². The minimum absolute atomic E-state index is 0.0102. The number of carbonyl (C=O) groups excluding carboxylic acids is 3. The molecular formula is C18H21F3N4O4. The summed E-state index contributed by atoms with van der Waals surface area (Å²) in [5, 5.41) is 2.35. The van der Waals surface area contributed by atoms with Crippen LogP contribution in [-0.4, -0.2) is 67.4 Å². The van der Waals surface area contributed by atoms with Crippen LogP contribution in [0, 0.1) is 5.82 Å². The Balaban J connectivity index is 1.75.